The monoisotopic (exact) mass is 294 g/mol. The standard InChI is InChI=1S/C18H14O4/c1-9(19)16-14(20)7-6-12-13-8-15(21)10-4-2-3-5-11(10)17(13)22-18(12)16/h2-5,8,20-21H,6-7H2,1H3. The van der Waals surface area contributed by atoms with Crippen LogP contribution in [0.15, 0.2) is 40.5 Å². The number of rotatable bonds is 1. The number of hydrogen-bond acceptors (Lipinski definition) is 4. The van der Waals surface area contributed by atoms with Crippen LogP contribution in [0.2, 0.25) is 0 Å². The van der Waals surface area contributed by atoms with Gasteiger partial charge in [0.25, 0.3) is 0 Å². The molecule has 0 bridgehead atoms. The number of aliphatic hydroxyl groups is 1. The molecule has 4 rings (SSSR count). The molecule has 4 heteroatoms. The van der Waals surface area contributed by atoms with Crippen molar-refractivity contribution in [2.24, 2.45) is 0 Å². The largest absolute Gasteiger partial charge is 0.511 e. The van der Waals surface area contributed by atoms with Crippen LogP contribution in [0.4, 0.5) is 0 Å². The number of phenolic OH excluding ortho intramolecular Hbond substituents is 1. The number of aliphatic hydroxyl groups excluding tert-OH is 1. The molecule has 0 saturated carbocycles. The highest BCUT2D eigenvalue weighted by molar-refractivity contribution is 6.21. The maximum Gasteiger partial charge on any atom is 0.166 e. The number of allylic oxidation sites excluding steroid dienone is 2. The van der Waals surface area contributed by atoms with Gasteiger partial charge >= 0.3 is 0 Å². The number of hydrogen-bond donors (Lipinski definition) is 2. The molecule has 110 valence electrons. The zero-order valence-corrected chi connectivity index (χ0v) is 12.0. The first-order valence-corrected chi connectivity index (χ1v) is 7.17. The lowest BCUT2D eigenvalue weighted by molar-refractivity contribution is -0.112. The zero-order chi connectivity index (χ0) is 15.4. The van der Waals surface area contributed by atoms with Crippen LogP contribution in [0, 0.1) is 0 Å². The van der Waals surface area contributed by atoms with Gasteiger partial charge in [0, 0.05) is 28.1 Å². The number of Topliss-reactive ketones (excluding diaryl/α,β-unsaturated/α-hetero) is 1. The lowest BCUT2D eigenvalue weighted by atomic mass is 9.91. The third-order valence-corrected chi connectivity index (χ3v) is 4.26. The molecule has 0 spiro atoms. The SMILES string of the molecule is CC(=O)C1=C(O)CCc2c1oc1c2cc(O)c2ccccc21. The van der Waals surface area contributed by atoms with Crippen molar-refractivity contribution in [3.8, 4) is 5.75 Å². The third kappa shape index (κ3) is 1.61. The second-order valence-electron chi connectivity index (χ2n) is 5.61. The van der Waals surface area contributed by atoms with E-state index in [0.717, 1.165) is 16.3 Å². The molecule has 0 aliphatic heterocycles. The number of benzene rings is 2. The molecule has 4 nitrogen and oxygen atoms in total. The van der Waals surface area contributed by atoms with Crippen LogP contribution in [0.3, 0.4) is 0 Å². The van der Waals surface area contributed by atoms with Crippen molar-refractivity contribution in [1.29, 1.82) is 0 Å². The van der Waals surface area contributed by atoms with Gasteiger partial charge in [-0.3, -0.25) is 4.79 Å². The molecule has 0 amide bonds. The van der Waals surface area contributed by atoms with Gasteiger partial charge < -0.3 is 14.6 Å². The topological polar surface area (TPSA) is 70.7 Å². The van der Waals surface area contributed by atoms with Crippen LogP contribution >= 0.6 is 0 Å². The zero-order valence-electron chi connectivity index (χ0n) is 12.0. The quantitative estimate of drug-likeness (QED) is 0.709. The lowest BCUT2D eigenvalue weighted by Gasteiger charge is -2.13. The third-order valence-electron chi connectivity index (χ3n) is 4.26. The molecule has 0 fully saturated rings. The van der Waals surface area contributed by atoms with Gasteiger partial charge in [-0.1, -0.05) is 24.3 Å². The van der Waals surface area contributed by atoms with Crippen LogP contribution in [0.5, 0.6) is 5.75 Å². The number of carbonyl (C=O) groups excluding carboxylic acids is 1. The Bertz CT molecular complexity index is 976. The van der Waals surface area contributed by atoms with E-state index in [1.54, 1.807) is 6.07 Å². The number of carbonyl (C=O) groups is 1. The van der Waals surface area contributed by atoms with Gasteiger partial charge in [-0.05, 0) is 19.4 Å². The summed E-state index contributed by atoms with van der Waals surface area (Å²) in [6, 6.07) is 9.11. The highest BCUT2D eigenvalue weighted by Gasteiger charge is 2.28. The summed E-state index contributed by atoms with van der Waals surface area (Å²) >= 11 is 0. The highest BCUT2D eigenvalue weighted by Crippen LogP contribution is 2.42. The highest BCUT2D eigenvalue weighted by atomic mass is 16.3. The summed E-state index contributed by atoms with van der Waals surface area (Å²) < 4.78 is 5.95. The van der Waals surface area contributed by atoms with Crippen LogP contribution in [0.1, 0.15) is 24.7 Å². The number of aromatic hydroxyl groups is 1. The van der Waals surface area contributed by atoms with Gasteiger partial charge in [0.05, 0.1) is 5.57 Å². The van der Waals surface area contributed by atoms with Crippen LogP contribution in [0.25, 0.3) is 27.3 Å². The summed E-state index contributed by atoms with van der Waals surface area (Å²) in [4.78, 5) is 11.9. The van der Waals surface area contributed by atoms with Crippen molar-refractivity contribution in [3.05, 3.63) is 47.4 Å². The summed E-state index contributed by atoms with van der Waals surface area (Å²) in [5.74, 6) is 0.482. The molecule has 0 saturated heterocycles. The molecule has 22 heavy (non-hydrogen) atoms. The predicted molar refractivity (Wildman–Crippen MR) is 83.9 cm³/mol. The molecule has 1 aromatic heterocycles. The van der Waals surface area contributed by atoms with Crippen LogP contribution in [-0.4, -0.2) is 16.0 Å². The first-order chi connectivity index (χ1) is 10.6. The Morgan fingerprint density at radius 3 is 2.55 bits per heavy atom. The van der Waals surface area contributed by atoms with Crippen molar-refractivity contribution in [1.82, 2.24) is 0 Å². The Labute approximate surface area is 126 Å². The van der Waals surface area contributed by atoms with E-state index in [-0.39, 0.29) is 22.9 Å². The van der Waals surface area contributed by atoms with Crippen LogP contribution in [-0.2, 0) is 11.2 Å². The molecule has 0 atom stereocenters. The van der Waals surface area contributed by atoms with Crippen LogP contribution < -0.4 is 0 Å². The summed E-state index contributed by atoms with van der Waals surface area (Å²) in [5, 5.41) is 22.6. The lowest BCUT2D eigenvalue weighted by Crippen LogP contribution is -2.08. The first-order valence-electron chi connectivity index (χ1n) is 7.17. The maximum absolute atomic E-state index is 11.9. The van der Waals surface area contributed by atoms with Crippen molar-refractivity contribution < 1.29 is 19.4 Å². The second-order valence-corrected chi connectivity index (χ2v) is 5.61. The van der Waals surface area contributed by atoms with Gasteiger partial charge in [0.15, 0.2) is 5.78 Å². The fraction of sp³-hybridized carbons (Fsp3) is 0.167. The van der Waals surface area contributed by atoms with Crippen molar-refractivity contribution in [2.75, 3.05) is 0 Å². The molecular weight excluding hydrogens is 280 g/mol. The van der Waals surface area contributed by atoms with E-state index in [0.29, 0.717) is 29.6 Å². The fourth-order valence-electron chi connectivity index (χ4n) is 3.26. The minimum Gasteiger partial charge on any atom is -0.511 e. The smallest absolute Gasteiger partial charge is 0.166 e. The van der Waals surface area contributed by atoms with E-state index >= 15 is 0 Å². The number of aryl methyl sites for hydroxylation is 1. The van der Waals surface area contributed by atoms with Crippen molar-refractivity contribution >= 4 is 33.1 Å². The molecule has 0 radical (unpaired) electrons. The molecule has 2 aromatic carbocycles. The minimum atomic E-state index is -0.217. The molecule has 2 N–H and O–H groups in total. The molecule has 1 aliphatic carbocycles. The summed E-state index contributed by atoms with van der Waals surface area (Å²) in [6.45, 7) is 1.42. The van der Waals surface area contributed by atoms with E-state index in [1.165, 1.54) is 6.92 Å². The number of furan rings is 1. The summed E-state index contributed by atoms with van der Waals surface area (Å²) in [5.41, 5.74) is 1.77. The fourth-order valence-corrected chi connectivity index (χ4v) is 3.26. The first kappa shape index (κ1) is 13.0. The van der Waals surface area contributed by atoms with Gasteiger partial charge in [0.1, 0.15) is 22.9 Å². The van der Waals surface area contributed by atoms with Crippen molar-refractivity contribution in [2.45, 2.75) is 19.8 Å². The van der Waals surface area contributed by atoms with E-state index in [4.69, 9.17) is 4.42 Å². The Kier molecular flexibility index (Phi) is 2.57. The van der Waals surface area contributed by atoms with Gasteiger partial charge in [-0.2, -0.15) is 0 Å². The second kappa shape index (κ2) is 4.37. The van der Waals surface area contributed by atoms with E-state index in [9.17, 15) is 15.0 Å². The van der Waals surface area contributed by atoms with E-state index in [1.807, 2.05) is 24.3 Å². The van der Waals surface area contributed by atoms with Gasteiger partial charge in [0.2, 0.25) is 0 Å². The Hall–Kier alpha value is -2.75. The van der Waals surface area contributed by atoms with Crippen molar-refractivity contribution in [3.63, 3.8) is 0 Å². The Morgan fingerprint density at radius 1 is 1.09 bits per heavy atom. The van der Waals surface area contributed by atoms with Gasteiger partial charge in [-0.15, -0.1) is 0 Å². The maximum atomic E-state index is 11.9. The molecule has 1 heterocycles. The Morgan fingerprint density at radius 2 is 1.82 bits per heavy atom. The molecule has 0 unspecified atom stereocenters. The Balaban J connectivity index is 2.16. The average Bonchev–Trinajstić information content (AvgIpc) is 2.85. The molecule has 1 aliphatic rings. The summed E-state index contributed by atoms with van der Waals surface area (Å²) in [6.07, 6.45) is 0.993. The number of fused-ring (bicyclic) bond motifs is 5. The van der Waals surface area contributed by atoms with E-state index < -0.39 is 0 Å². The minimum absolute atomic E-state index is 0.0765. The average molecular weight is 294 g/mol. The number of phenols is 1. The predicted octanol–water partition coefficient (Wildman–Crippen LogP) is 4.10. The summed E-state index contributed by atoms with van der Waals surface area (Å²) in [7, 11) is 0. The van der Waals surface area contributed by atoms with Gasteiger partial charge in [-0.25, -0.2) is 0 Å². The normalized spacial score (nSPS) is 14.6. The number of ketones is 1. The van der Waals surface area contributed by atoms with E-state index in [2.05, 4.69) is 0 Å². The molecule has 3 aromatic rings. The molecular formula is C18H14O4.